The third-order valence-corrected chi connectivity index (χ3v) is 0.631. The fourth-order valence-electron chi connectivity index (χ4n) is 0. The van der Waals surface area contributed by atoms with Gasteiger partial charge in [-0.1, -0.05) is 6.92 Å². The van der Waals surface area contributed by atoms with E-state index < -0.39 is 0 Å². The molecule has 69 valence electrons. The molecule has 0 rings (SSSR count). The molecule has 0 amide bonds. The maximum Gasteiger partial charge on any atom is 0 e. The Morgan fingerprint density at radius 2 is 1.83 bits per heavy atom. The third-order valence-electron chi connectivity index (χ3n) is 0.143. The van der Waals surface area contributed by atoms with E-state index in [4.69, 9.17) is 16.8 Å². The molecule has 1 radical (unpaired) electrons. The Balaban J connectivity index is -0.0000000406. The Hall–Kier alpha value is 1.88. The molecule has 0 spiro atoms. The summed E-state index contributed by atoms with van der Waals surface area (Å²) in [7, 11) is 0. The summed E-state index contributed by atoms with van der Waals surface area (Å²) >= 11 is 1.98. The van der Waals surface area contributed by atoms with Crippen molar-refractivity contribution < 1.29 is 81.6 Å². The van der Waals surface area contributed by atoms with Crippen molar-refractivity contribution in [3.8, 4) is 0 Å². The van der Waals surface area contributed by atoms with E-state index in [0.717, 1.165) is 45.1 Å². The first kappa shape index (κ1) is 23.6. The molecule has 0 unspecified atom stereocenters. The minimum atomic E-state index is 0. The van der Waals surface area contributed by atoms with Gasteiger partial charge in [-0.15, -0.1) is 0 Å². The summed E-state index contributed by atoms with van der Waals surface area (Å²) in [5.74, 6) is 0. The summed E-state index contributed by atoms with van der Waals surface area (Å²) < 4.78 is 2.07. The maximum absolute atomic E-state index is 8.13. The normalized spacial score (nSPS) is 5.33. The predicted molar refractivity (Wildman–Crippen MR) is 38.4 cm³/mol. The Kier molecular flexibility index (Phi) is 57.5. The van der Waals surface area contributed by atoms with Gasteiger partial charge >= 0.3 is 70.2 Å². The van der Waals surface area contributed by atoms with Crippen LogP contribution in [0.3, 0.4) is 0 Å². The van der Waals surface area contributed by atoms with Gasteiger partial charge in [0, 0.05) is 32.7 Å². The Morgan fingerprint density at radius 3 is 1.83 bits per heavy atom. The second-order valence-corrected chi connectivity index (χ2v) is 3.25. The molecule has 12 heavy (non-hydrogen) atoms. The van der Waals surface area contributed by atoms with Crippen LogP contribution in [0.2, 0.25) is 0 Å². The molecule has 0 fully saturated rings. The van der Waals surface area contributed by atoms with Crippen molar-refractivity contribution in [2.45, 2.75) is 13.3 Å². The summed E-state index contributed by atoms with van der Waals surface area (Å²) in [6, 6.07) is 0. The first-order valence-electron chi connectivity index (χ1n) is 2.68. The molecule has 0 aliphatic rings. The van der Waals surface area contributed by atoms with E-state index in [-0.39, 0.29) is 36.8 Å². The van der Waals surface area contributed by atoms with Gasteiger partial charge in [0.05, 0.1) is 0 Å². The standard InChI is InChI=1S/C3H3O.C3H7.CHO.2W.Y/c1-2-3-4;1-3-2;1-2;;;/h1-2,4H;1,3H2,2H3;2H;;;/q3*-1;;;. The van der Waals surface area contributed by atoms with Crippen LogP contribution in [0.4, 0.5) is 0 Å². The molecule has 0 aromatic carbocycles. The average molecular weight is 584 g/mol. The predicted octanol–water partition coefficient (Wildman–Crippen LogP) is 0.795. The van der Waals surface area contributed by atoms with Crippen LogP contribution in [0.25, 0.3) is 0 Å². The van der Waals surface area contributed by atoms with Crippen LogP contribution in [0.5, 0.6) is 0 Å². The number of aliphatic hydroxyl groups is 2. The third kappa shape index (κ3) is 93.4. The quantitative estimate of drug-likeness (QED) is 0.449. The number of hydrogen-bond acceptors (Lipinski definition) is 2. The van der Waals surface area contributed by atoms with E-state index in [0.29, 0.717) is 0 Å². The Bertz CT molecular complexity index is 108. The zero-order valence-corrected chi connectivity index (χ0v) is 15.6. The maximum atomic E-state index is 8.13. The van der Waals surface area contributed by atoms with E-state index in [1.54, 1.807) is 0 Å². The molecule has 0 aliphatic carbocycles. The molecular formula is C7H11O2W2Y-3. The fourth-order valence-corrected chi connectivity index (χ4v) is 0. The molecule has 2 nitrogen and oxygen atoms in total. The van der Waals surface area contributed by atoms with Crippen LogP contribution in [-0.4, -0.2) is 18.9 Å². The van der Waals surface area contributed by atoms with E-state index in [1.165, 1.54) is 6.08 Å². The van der Waals surface area contributed by atoms with Gasteiger partial charge in [-0.3, -0.25) is 0 Å². The average Bonchev–Trinajstić information content (AvgIpc) is 1.91. The van der Waals surface area contributed by atoms with E-state index in [2.05, 4.69) is 6.92 Å². The van der Waals surface area contributed by atoms with Crippen LogP contribution in [0.15, 0.2) is 6.08 Å². The molecule has 0 saturated heterocycles. The summed E-state index contributed by atoms with van der Waals surface area (Å²) in [5, 5.41) is 15.5. The molecule has 0 heterocycles. The van der Waals surface area contributed by atoms with Crippen LogP contribution in [0.1, 0.15) is 13.3 Å². The van der Waals surface area contributed by atoms with Gasteiger partial charge in [-0.25, -0.2) is 0 Å². The van der Waals surface area contributed by atoms with Gasteiger partial charge in [-0.2, -0.15) is 6.42 Å². The van der Waals surface area contributed by atoms with Crippen molar-refractivity contribution >= 4 is 8.67 Å². The summed E-state index contributed by atoms with van der Waals surface area (Å²) in [6.07, 6.45) is 2.18. The fraction of sp³-hybridized carbons (Fsp3) is 0.286. The Morgan fingerprint density at radius 1 is 1.75 bits per heavy atom. The first-order valence-corrected chi connectivity index (χ1v) is 5.62. The van der Waals surface area contributed by atoms with Crippen LogP contribution in [-0.2, 0) is 71.4 Å². The number of hydrogen-bond donors (Lipinski definition) is 2. The summed E-state index contributed by atoms with van der Waals surface area (Å²) in [4.78, 5) is 0. The molecule has 0 aliphatic heterocycles. The van der Waals surface area contributed by atoms with Crippen molar-refractivity contribution in [3.63, 3.8) is 0 Å². The zero-order valence-electron chi connectivity index (χ0n) is 6.86. The van der Waals surface area contributed by atoms with E-state index in [1.807, 2.05) is 11.5 Å². The SMILES string of the molecule is O[C-]=[W].[CH-]=C[C](O)=[W].[CH2-]CC.[Y]. The zero-order chi connectivity index (χ0) is 9.70. The molecule has 0 atom stereocenters. The van der Waals surface area contributed by atoms with Crippen LogP contribution in [0, 0.1) is 13.5 Å². The minimum absolute atomic E-state index is 0. The smallest absolute Gasteiger partial charge is 0 e. The topological polar surface area (TPSA) is 40.5 Å². The number of rotatable bonds is 1. The molecule has 5 heteroatoms. The van der Waals surface area contributed by atoms with E-state index in [9.17, 15) is 0 Å². The number of aliphatic hydroxyl groups excluding tert-OH is 2. The monoisotopic (exact) mass is 584 g/mol. The molecule has 0 aromatic rings. The van der Waals surface area contributed by atoms with Crippen molar-refractivity contribution in [1.82, 2.24) is 0 Å². The minimum Gasteiger partial charge on any atom is -0.344 e. The molecule has 0 aromatic heterocycles. The second kappa shape index (κ2) is 29.3. The largest absolute Gasteiger partial charge is 0.344 e. The van der Waals surface area contributed by atoms with Gasteiger partial charge in [-0.05, 0) is 0 Å². The summed E-state index contributed by atoms with van der Waals surface area (Å²) in [5.41, 5.74) is 0. The van der Waals surface area contributed by atoms with Crippen LogP contribution >= 0.6 is 0 Å². The van der Waals surface area contributed by atoms with Crippen LogP contribution < -0.4 is 0 Å². The molecule has 0 bridgehead atoms. The van der Waals surface area contributed by atoms with Gasteiger partial charge in [0.15, 0.2) is 0 Å². The molecule has 2 N–H and O–H groups in total. The summed E-state index contributed by atoms with van der Waals surface area (Å²) in [6.45, 7) is 10.3. The molecule has 0 saturated carbocycles. The van der Waals surface area contributed by atoms with Gasteiger partial charge < -0.3 is 6.92 Å². The van der Waals surface area contributed by atoms with E-state index >= 15 is 0 Å². The van der Waals surface area contributed by atoms with Crippen molar-refractivity contribution in [2.24, 2.45) is 0 Å². The molecular weight excluding hydrogens is 573 g/mol. The van der Waals surface area contributed by atoms with Crippen molar-refractivity contribution in [2.75, 3.05) is 0 Å². The first-order chi connectivity index (χ1) is 5.10. The van der Waals surface area contributed by atoms with Crippen molar-refractivity contribution in [3.05, 3.63) is 19.6 Å². The van der Waals surface area contributed by atoms with Gasteiger partial charge in [0.1, 0.15) is 0 Å². The van der Waals surface area contributed by atoms with Gasteiger partial charge in [0.2, 0.25) is 0 Å². The Labute approximate surface area is 122 Å². The van der Waals surface area contributed by atoms with Crippen molar-refractivity contribution in [1.29, 1.82) is 0 Å². The second-order valence-electron chi connectivity index (χ2n) is 1.10. The van der Waals surface area contributed by atoms with Gasteiger partial charge in [0.25, 0.3) is 0 Å².